The van der Waals surface area contributed by atoms with Crippen LogP contribution >= 0.6 is 0 Å². The minimum atomic E-state index is -0.311. The van der Waals surface area contributed by atoms with E-state index >= 15 is 0 Å². The zero-order chi connectivity index (χ0) is 18.9. The molecule has 0 N–H and O–H groups in total. The molecule has 2 aromatic rings. The summed E-state index contributed by atoms with van der Waals surface area (Å²) in [6.45, 7) is 14.0. The highest BCUT2D eigenvalue weighted by Crippen LogP contribution is 2.32. The predicted molar refractivity (Wildman–Crippen MR) is 99.6 cm³/mol. The molecule has 0 heterocycles. The molecule has 0 spiro atoms. The standard InChI is InChI=1S/C21H18O5/c1-5-23-15-9-11-17(19(13-15)25-7-3)21(22)18-12-10-16(24-6-2)14-20(18)26-8-4/h5-14H,1-4H2. The molecule has 0 atom stereocenters. The van der Waals surface area contributed by atoms with E-state index in [2.05, 4.69) is 26.3 Å². The van der Waals surface area contributed by atoms with E-state index in [4.69, 9.17) is 18.9 Å². The SMILES string of the molecule is C=COc1ccc(C(=O)c2ccc(OC=C)cc2OC=C)c(OC=C)c1. The van der Waals surface area contributed by atoms with Crippen LogP contribution in [0.2, 0.25) is 0 Å². The first-order valence-corrected chi connectivity index (χ1v) is 7.57. The second-order valence-electron chi connectivity index (χ2n) is 4.78. The molecule has 0 aromatic heterocycles. The van der Waals surface area contributed by atoms with Crippen molar-refractivity contribution < 1.29 is 23.7 Å². The fourth-order valence-electron chi connectivity index (χ4n) is 2.24. The van der Waals surface area contributed by atoms with E-state index < -0.39 is 0 Å². The largest absolute Gasteiger partial charge is 0.465 e. The van der Waals surface area contributed by atoms with E-state index in [0.717, 1.165) is 0 Å². The molecule has 0 fully saturated rings. The van der Waals surface area contributed by atoms with Crippen LogP contribution in [0.15, 0.2) is 87.8 Å². The summed E-state index contributed by atoms with van der Waals surface area (Å²) >= 11 is 0. The van der Waals surface area contributed by atoms with Crippen LogP contribution < -0.4 is 18.9 Å². The van der Waals surface area contributed by atoms with Gasteiger partial charge in [-0.1, -0.05) is 26.3 Å². The first-order chi connectivity index (χ1) is 12.6. The number of hydrogen-bond donors (Lipinski definition) is 0. The third kappa shape index (κ3) is 4.21. The van der Waals surface area contributed by atoms with Gasteiger partial charge in [-0.05, 0) is 24.3 Å². The lowest BCUT2D eigenvalue weighted by Gasteiger charge is -2.13. The third-order valence-electron chi connectivity index (χ3n) is 3.25. The fourth-order valence-corrected chi connectivity index (χ4v) is 2.24. The molecule has 2 rings (SSSR count). The normalized spacial score (nSPS) is 9.54. The summed E-state index contributed by atoms with van der Waals surface area (Å²) in [4.78, 5) is 13.0. The van der Waals surface area contributed by atoms with Crippen molar-refractivity contribution in [2.45, 2.75) is 0 Å². The number of hydrogen-bond acceptors (Lipinski definition) is 5. The quantitative estimate of drug-likeness (QED) is 0.445. The Balaban J connectivity index is 2.50. The molecule has 0 aliphatic rings. The molecule has 0 bridgehead atoms. The predicted octanol–water partition coefficient (Wildman–Crippen LogP) is 5.01. The second kappa shape index (κ2) is 8.94. The van der Waals surface area contributed by atoms with Gasteiger partial charge >= 0.3 is 0 Å². The number of carbonyl (C=O) groups excluding carboxylic acids is 1. The van der Waals surface area contributed by atoms with Gasteiger partial charge in [0.05, 0.1) is 36.2 Å². The summed E-state index contributed by atoms with van der Waals surface area (Å²) in [6, 6.07) is 9.58. The molecule has 2 aromatic carbocycles. The zero-order valence-corrected chi connectivity index (χ0v) is 14.1. The van der Waals surface area contributed by atoms with Crippen molar-refractivity contribution in [2.24, 2.45) is 0 Å². The Morgan fingerprint density at radius 2 is 1.04 bits per heavy atom. The highest BCUT2D eigenvalue weighted by Gasteiger charge is 2.20. The van der Waals surface area contributed by atoms with Crippen LogP contribution in [-0.4, -0.2) is 5.78 Å². The molecule has 5 nitrogen and oxygen atoms in total. The average Bonchev–Trinajstić information content (AvgIpc) is 2.63. The minimum Gasteiger partial charge on any atom is -0.465 e. The lowest BCUT2D eigenvalue weighted by Crippen LogP contribution is -2.06. The van der Waals surface area contributed by atoms with Crippen LogP contribution in [0.1, 0.15) is 15.9 Å². The zero-order valence-electron chi connectivity index (χ0n) is 14.1. The van der Waals surface area contributed by atoms with Gasteiger partial charge in [-0.3, -0.25) is 4.79 Å². The van der Waals surface area contributed by atoms with Crippen molar-refractivity contribution in [3.63, 3.8) is 0 Å². The molecule has 132 valence electrons. The summed E-state index contributed by atoms with van der Waals surface area (Å²) in [5.74, 6) is 1.23. The Labute approximate surface area is 152 Å². The number of benzene rings is 2. The topological polar surface area (TPSA) is 54.0 Å². The van der Waals surface area contributed by atoms with Crippen molar-refractivity contribution in [1.82, 2.24) is 0 Å². The molecule has 0 aliphatic heterocycles. The Hall–Kier alpha value is -3.73. The first kappa shape index (κ1) is 18.6. The highest BCUT2D eigenvalue weighted by molar-refractivity contribution is 6.12. The molecule has 0 unspecified atom stereocenters. The number of ether oxygens (including phenoxy) is 4. The van der Waals surface area contributed by atoms with Gasteiger partial charge in [0.2, 0.25) is 5.78 Å². The average molecular weight is 350 g/mol. The van der Waals surface area contributed by atoms with E-state index in [9.17, 15) is 4.79 Å². The summed E-state index contributed by atoms with van der Waals surface area (Å²) in [7, 11) is 0. The fraction of sp³-hybridized carbons (Fsp3) is 0. The lowest BCUT2D eigenvalue weighted by atomic mass is 10.0. The second-order valence-corrected chi connectivity index (χ2v) is 4.78. The molecular formula is C21H18O5. The van der Waals surface area contributed by atoms with Crippen LogP contribution in [0.4, 0.5) is 0 Å². The Morgan fingerprint density at radius 3 is 1.38 bits per heavy atom. The summed E-state index contributed by atoms with van der Waals surface area (Å²) in [5, 5.41) is 0. The van der Waals surface area contributed by atoms with E-state index in [1.807, 2.05) is 0 Å². The first-order valence-electron chi connectivity index (χ1n) is 7.57. The number of ketones is 1. The van der Waals surface area contributed by atoms with Crippen molar-refractivity contribution in [3.8, 4) is 23.0 Å². The Bertz CT molecular complexity index is 782. The van der Waals surface area contributed by atoms with Crippen LogP contribution in [0.3, 0.4) is 0 Å². The van der Waals surface area contributed by atoms with E-state index in [1.54, 1.807) is 36.4 Å². The Kier molecular flexibility index (Phi) is 6.40. The van der Waals surface area contributed by atoms with Crippen LogP contribution in [0.25, 0.3) is 0 Å². The Morgan fingerprint density at radius 1 is 0.654 bits per heavy atom. The monoisotopic (exact) mass is 350 g/mol. The van der Waals surface area contributed by atoms with Crippen molar-refractivity contribution in [2.75, 3.05) is 0 Å². The number of rotatable bonds is 10. The smallest absolute Gasteiger partial charge is 0.200 e. The van der Waals surface area contributed by atoms with Gasteiger partial charge < -0.3 is 18.9 Å². The molecule has 5 heteroatoms. The van der Waals surface area contributed by atoms with Gasteiger partial charge in [-0.2, -0.15) is 0 Å². The molecule has 0 saturated heterocycles. The molecular weight excluding hydrogens is 332 g/mol. The third-order valence-corrected chi connectivity index (χ3v) is 3.25. The molecule has 0 saturated carbocycles. The summed E-state index contributed by atoms with van der Waals surface area (Å²) in [5.41, 5.74) is 0.625. The van der Waals surface area contributed by atoms with Gasteiger partial charge in [-0.15, -0.1) is 0 Å². The molecule has 26 heavy (non-hydrogen) atoms. The van der Waals surface area contributed by atoms with E-state index in [1.165, 1.54) is 25.0 Å². The van der Waals surface area contributed by atoms with Gasteiger partial charge in [0.1, 0.15) is 23.0 Å². The molecule has 0 amide bonds. The van der Waals surface area contributed by atoms with Crippen LogP contribution in [0.5, 0.6) is 23.0 Å². The molecule has 0 aliphatic carbocycles. The van der Waals surface area contributed by atoms with Crippen LogP contribution in [-0.2, 0) is 0 Å². The van der Waals surface area contributed by atoms with E-state index in [-0.39, 0.29) is 5.78 Å². The lowest BCUT2D eigenvalue weighted by molar-refractivity contribution is 0.103. The van der Waals surface area contributed by atoms with Gasteiger partial charge in [0.25, 0.3) is 0 Å². The van der Waals surface area contributed by atoms with Crippen molar-refractivity contribution in [1.29, 1.82) is 0 Å². The minimum absolute atomic E-state index is 0.292. The highest BCUT2D eigenvalue weighted by atomic mass is 16.5. The molecule has 0 radical (unpaired) electrons. The number of carbonyl (C=O) groups is 1. The maximum absolute atomic E-state index is 13.0. The van der Waals surface area contributed by atoms with Gasteiger partial charge in [-0.25, -0.2) is 0 Å². The van der Waals surface area contributed by atoms with Gasteiger partial charge in [0.15, 0.2) is 0 Å². The van der Waals surface area contributed by atoms with Crippen molar-refractivity contribution in [3.05, 3.63) is 98.9 Å². The van der Waals surface area contributed by atoms with E-state index in [0.29, 0.717) is 34.1 Å². The summed E-state index contributed by atoms with van der Waals surface area (Å²) in [6.07, 6.45) is 5.02. The maximum Gasteiger partial charge on any atom is 0.200 e. The van der Waals surface area contributed by atoms with Crippen molar-refractivity contribution >= 4 is 5.78 Å². The maximum atomic E-state index is 13.0. The summed E-state index contributed by atoms with van der Waals surface area (Å²) < 4.78 is 21.1. The van der Waals surface area contributed by atoms with Crippen LogP contribution in [0, 0.1) is 0 Å². The van der Waals surface area contributed by atoms with Gasteiger partial charge in [0, 0.05) is 12.1 Å².